The highest BCUT2D eigenvalue weighted by Gasteiger charge is 2.34. The Morgan fingerprint density at radius 2 is 2.00 bits per heavy atom. The molecular weight excluding hydrogens is 260 g/mol. The fraction of sp³-hybridized carbons (Fsp3) is 0.765. The molecule has 1 aromatic heterocycles. The van der Waals surface area contributed by atoms with Crippen LogP contribution in [-0.2, 0) is 6.54 Å². The van der Waals surface area contributed by atoms with Crippen molar-refractivity contribution in [3.63, 3.8) is 0 Å². The normalized spacial score (nSPS) is 23.1. The van der Waals surface area contributed by atoms with E-state index in [0.717, 1.165) is 43.5 Å². The molecule has 4 nitrogen and oxygen atoms in total. The molecule has 1 aromatic rings. The van der Waals surface area contributed by atoms with Gasteiger partial charge in [0, 0.05) is 19.1 Å². The van der Waals surface area contributed by atoms with Gasteiger partial charge in [0.15, 0.2) is 5.82 Å². The number of aromatic nitrogens is 2. The van der Waals surface area contributed by atoms with Crippen molar-refractivity contribution in [3.05, 3.63) is 17.8 Å². The number of anilines is 1. The molecule has 1 aliphatic carbocycles. The zero-order chi connectivity index (χ0) is 14.5. The molecule has 0 bridgehead atoms. The quantitative estimate of drug-likeness (QED) is 0.817. The van der Waals surface area contributed by atoms with Gasteiger partial charge in [-0.2, -0.15) is 5.10 Å². The summed E-state index contributed by atoms with van der Waals surface area (Å²) in [4.78, 5) is 2.52. The molecule has 21 heavy (non-hydrogen) atoms. The van der Waals surface area contributed by atoms with Crippen LogP contribution in [0.15, 0.2) is 12.1 Å². The summed E-state index contributed by atoms with van der Waals surface area (Å²) in [5.74, 6) is 1.98. The zero-order valence-corrected chi connectivity index (χ0v) is 13.2. The van der Waals surface area contributed by atoms with Gasteiger partial charge in [0.05, 0.1) is 5.69 Å². The van der Waals surface area contributed by atoms with Crippen molar-refractivity contribution in [1.29, 1.82) is 0 Å². The highest BCUT2D eigenvalue weighted by atomic mass is 15.3. The second-order valence-corrected chi connectivity index (χ2v) is 6.51. The molecule has 1 unspecified atom stereocenters. The minimum absolute atomic E-state index is 0.714. The number of nitrogens with zero attached hydrogens (tertiary/aromatic N) is 3. The first-order valence-corrected chi connectivity index (χ1v) is 8.68. The Morgan fingerprint density at radius 1 is 1.14 bits per heavy atom. The van der Waals surface area contributed by atoms with Crippen LogP contribution in [0, 0.1) is 5.92 Å². The molecule has 1 atom stereocenters. The van der Waals surface area contributed by atoms with E-state index in [-0.39, 0.29) is 0 Å². The molecule has 1 saturated carbocycles. The van der Waals surface area contributed by atoms with Gasteiger partial charge in [-0.3, -0.25) is 0 Å². The largest absolute Gasteiger partial charge is 0.352 e. The summed E-state index contributed by atoms with van der Waals surface area (Å²) in [7, 11) is 0. The average molecular weight is 288 g/mol. The van der Waals surface area contributed by atoms with Crippen molar-refractivity contribution >= 4 is 5.82 Å². The Morgan fingerprint density at radius 3 is 2.71 bits per heavy atom. The molecule has 2 fully saturated rings. The number of nitrogens with one attached hydrogen (secondary N) is 1. The van der Waals surface area contributed by atoms with E-state index in [4.69, 9.17) is 0 Å². The average Bonchev–Trinajstić information content (AvgIpc) is 3.19. The lowest BCUT2D eigenvalue weighted by molar-refractivity contribution is 0.428. The lowest BCUT2D eigenvalue weighted by Gasteiger charge is -2.30. The number of hydrogen-bond donors (Lipinski definition) is 1. The van der Waals surface area contributed by atoms with Gasteiger partial charge in [-0.05, 0) is 56.7 Å². The molecule has 0 spiro atoms. The van der Waals surface area contributed by atoms with E-state index in [1.165, 1.54) is 38.5 Å². The van der Waals surface area contributed by atoms with E-state index in [0.29, 0.717) is 6.04 Å². The van der Waals surface area contributed by atoms with Crippen molar-refractivity contribution in [1.82, 2.24) is 15.5 Å². The lowest BCUT2D eigenvalue weighted by atomic mass is 9.96. The number of hydrogen-bond acceptors (Lipinski definition) is 4. The Bertz CT molecular complexity index is 425. The summed E-state index contributed by atoms with van der Waals surface area (Å²) < 4.78 is 0. The van der Waals surface area contributed by atoms with E-state index in [2.05, 4.69) is 39.5 Å². The SMILES string of the molecule is CCCNCc1ccc(N2CCCC2C2CCCC2)nn1. The molecule has 1 N–H and O–H groups in total. The summed E-state index contributed by atoms with van der Waals surface area (Å²) in [6.45, 7) is 5.20. The third kappa shape index (κ3) is 3.54. The van der Waals surface area contributed by atoms with Crippen molar-refractivity contribution in [2.24, 2.45) is 5.92 Å². The smallest absolute Gasteiger partial charge is 0.151 e. The molecule has 2 heterocycles. The van der Waals surface area contributed by atoms with Crippen molar-refractivity contribution in [3.8, 4) is 0 Å². The first kappa shape index (κ1) is 14.8. The molecular formula is C17H28N4. The molecule has 1 aliphatic heterocycles. The second kappa shape index (κ2) is 7.21. The van der Waals surface area contributed by atoms with Gasteiger partial charge in [0.2, 0.25) is 0 Å². The summed E-state index contributed by atoms with van der Waals surface area (Å²) in [5, 5.41) is 12.3. The molecule has 0 amide bonds. The van der Waals surface area contributed by atoms with Gasteiger partial charge < -0.3 is 10.2 Å². The lowest BCUT2D eigenvalue weighted by Crippen LogP contribution is -2.35. The highest BCUT2D eigenvalue weighted by molar-refractivity contribution is 5.40. The van der Waals surface area contributed by atoms with Gasteiger partial charge >= 0.3 is 0 Å². The van der Waals surface area contributed by atoms with Crippen LogP contribution in [-0.4, -0.2) is 29.3 Å². The van der Waals surface area contributed by atoms with Crippen molar-refractivity contribution in [2.45, 2.75) is 64.5 Å². The fourth-order valence-corrected chi connectivity index (χ4v) is 3.90. The van der Waals surface area contributed by atoms with Crippen LogP contribution >= 0.6 is 0 Å². The van der Waals surface area contributed by atoms with Gasteiger partial charge in [0.25, 0.3) is 0 Å². The van der Waals surface area contributed by atoms with Crippen LogP contribution in [0.1, 0.15) is 57.6 Å². The van der Waals surface area contributed by atoms with Crippen LogP contribution in [0.2, 0.25) is 0 Å². The first-order chi connectivity index (χ1) is 10.4. The molecule has 116 valence electrons. The first-order valence-electron chi connectivity index (χ1n) is 8.68. The predicted octanol–water partition coefficient (Wildman–Crippen LogP) is 3.14. The topological polar surface area (TPSA) is 41.0 Å². The predicted molar refractivity (Wildman–Crippen MR) is 86.4 cm³/mol. The van der Waals surface area contributed by atoms with Gasteiger partial charge in [-0.1, -0.05) is 19.8 Å². The standard InChI is InChI=1S/C17H28N4/c1-2-11-18-13-15-9-10-17(20-19-15)21-12-5-8-16(21)14-6-3-4-7-14/h9-10,14,16,18H,2-8,11-13H2,1H3. The molecule has 0 aromatic carbocycles. The Hall–Kier alpha value is -1.16. The van der Waals surface area contributed by atoms with Crippen LogP contribution in [0.5, 0.6) is 0 Å². The zero-order valence-electron chi connectivity index (χ0n) is 13.2. The van der Waals surface area contributed by atoms with E-state index in [1.54, 1.807) is 0 Å². The third-order valence-corrected chi connectivity index (χ3v) is 4.98. The molecule has 1 saturated heterocycles. The third-order valence-electron chi connectivity index (χ3n) is 4.98. The van der Waals surface area contributed by atoms with Gasteiger partial charge in [-0.15, -0.1) is 5.10 Å². The van der Waals surface area contributed by atoms with Crippen molar-refractivity contribution in [2.75, 3.05) is 18.0 Å². The van der Waals surface area contributed by atoms with Gasteiger partial charge in [0.1, 0.15) is 0 Å². The maximum absolute atomic E-state index is 4.50. The highest BCUT2D eigenvalue weighted by Crippen LogP contribution is 2.36. The van der Waals surface area contributed by atoms with Crippen LogP contribution in [0.4, 0.5) is 5.82 Å². The summed E-state index contributed by atoms with van der Waals surface area (Å²) >= 11 is 0. The molecule has 4 heteroatoms. The minimum atomic E-state index is 0.714. The number of rotatable bonds is 6. The molecule has 2 aliphatic rings. The van der Waals surface area contributed by atoms with Crippen LogP contribution < -0.4 is 10.2 Å². The van der Waals surface area contributed by atoms with Crippen LogP contribution in [0.3, 0.4) is 0 Å². The summed E-state index contributed by atoms with van der Waals surface area (Å²) in [6, 6.07) is 5.02. The van der Waals surface area contributed by atoms with E-state index in [9.17, 15) is 0 Å². The molecule has 0 radical (unpaired) electrons. The minimum Gasteiger partial charge on any atom is -0.352 e. The Kier molecular flexibility index (Phi) is 5.07. The summed E-state index contributed by atoms with van der Waals surface area (Å²) in [5.41, 5.74) is 1.05. The van der Waals surface area contributed by atoms with Gasteiger partial charge in [-0.25, -0.2) is 0 Å². The Balaban J connectivity index is 1.62. The second-order valence-electron chi connectivity index (χ2n) is 6.51. The monoisotopic (exact) mass is 288 g/mol. The molecule has 3 rings (SSSR count). The van der Waals surface area contributed by atoms with Crippen LogP contribution in [0.25, 0.3) is 0 Å². The van der Waals surface area contributed by atoms with Crippen molar-refractivity contribution < 1.29 is 0 Å². The van der Waals surface area contributed by atoms with E-state index < -0.39 is 0 Å². The maximum Gasteiger partial charge on any atom is 0.151 e. The maximum atomic E-state index is 4.50. The summed E-state index contributed by atoms with van der Waals surface area (Å²) in [6.07, 6.45) is 9.46. The Labute approximate surface area is 128 Å². The van der Waals surface area contributed by atoms with E-state index in [1.807, 2.05) is 0 Å². The van der Waals surface area contributed by atoms with E-state index >= 15 is 0 Å². The fourth-order valence-electron chi connectivity index (χ4n) is 3.90.